The topological polar surface area (TPSA) is 17.1 Å². The summed E-state index contributed by atoms with van der Waals surface area (Å²) in [7, 11) is 0. The van der Waals surface area contributed by atoms with Gasteiger partial charge in [0.15, 0.2) is 0 Å². The minimum absolute atomic E-state index is 0.117. The Morgan fingerprint density at radius 3 is 2.83 bits per heavy atom. The molecule has 0 radical (unpaired) electrons. The van der Waals surface area contributed by atoms with Crippen LogP contribution in [0.5, 0.6) is 0 Å². The third kappa shape index (κ3) is 1.66. The van der Waals surface area contributed by atoms with Crippen LogP contribution in [0.15, 0.2) is 24.3 Å². The fourth-order valence-electron chi connectivity index (χ4n) is 1.66. The third-order valence-corrected chi connectivity index (χ3v) is 2.67. The molecule has 0 bridgehead atoms. The molecule has 0 amide bonds. The Kier molecular flexibility index (Phi) is 2.51. The minimum atomic E-state index is 0.117. The van der Waals surface area contributed by atoms with Crippen molar-refractivity contribution >= 4 is 6.29 Å². The van der Waals surface area contributed by atoms with Crippen molar-refractivity contribution in [1.82, 2.24) is 0 Å². The summed E-state index contributed by atoms with van der Waals surface area (Å²) < 4.78 is 0. The molecule has 0 aromatic rings. The van der Waals surface area contributed by atoms with Crippen LogP contribution >= 0.6 is 0 Å². The average molecular weight is 164 g/mol. The predicted octanol–water partition coefficient (Wildman–Crippen LogP) is 2.73. The lowest BCUT2D eigenvalue weighted by Crippen LogP contribution is -2.21. The Bertz CT molecular complexity index is 223. The van der Waals surface area contributed by atoms with Crippen LogP contribution < -0.4 is 0 Å². The molecule has 1 rings (SSSR count). The van der Waals surface area contributed by atoms with Crippen molar-refractivity contribution in [1.29, 1.82) is 0 Å². The highest BCUT2D eigenvalue weighted by molar-refractivity contribution is 5.58. The minimum Gasteiger partial charge on any atom is -0.303 e. The molecule has 66 valence electrons. The van der Waals surface area contributed by atoms with Crippen molar-refractivity contribution in [3.63, 3.8) is 0 Å². The summed E-state index contributed by atoms with van der Waals surface area (Å²) in [6.07, 6.45) is 7.00. The van der Waals surface area contributed by atoms with E-state index in [1.54, 1.807) is 0 Å². The van der Waals surface area contributed by atoms with Gasteiger partial charge in [0.1, 0.15) is 6.29 Å². The van der Waals surface area contributed by atoms with E-state index in [9.17, 15) is 4.79 Å². The summed E-state index contributed by atoms with van der Waals surface area (Å²) in [5, 5.41) is 0. The summed E-state index contributed by atoms with van der Waals surface area (Å²) in [6, 6.07) is 0. The molecule has 0 heterocycles. The maximum atomic E-state index is 10.6. The van der Waals surface area contributed by atoms with Crippen LogP contribution in [0.3, 0.4) is 0 Å². The lowest BCUT2D eigenvalue weighted by molar-refractivity contribution is -0.110. The second kappa shape index (κ2) is 3.26. The van der Waals surface area contributed by atoms with Crippen molar-refractivity contribution in [2.45, 2.75) is 26.7 Å². The van der Waals surface area contributed by atoms with Gasteiger partial charge in [0.2, 0.25) is 0 Å². The number of aldehydes is 1. The van der Waals surface area contributed by atoms with E-state index in [0.717, 1.165) is 19.1 Å². The predicted molar refractivity (Wildman–Crippen MR) is 50.8 cm³/mol. The summed E-state index contributed by atoms with van der Waals surface area (Å²) in [5.41, 5.74) is 1.42. The molecule has 0 saturated carbocycles. The van der Waals surface area contributed by atoms with E-state index >= 15 is 0 Å². The first-order valence-corrected chi connectivity index (χ1v) is 4.40. The standard InChI is InChI=1S/C11H16O/c1-4-10-7-9(8-12)5-6-11(10,2)3/h4,7-9H,1,5-6H2,2-3H3. The van der Waals surface area contributed by atoms with Gasteiger partial charge in [-0.05, 0) is 23.8 Å². The van der Waals surface area contributed by atoms with E-state index in [4.69, 9.17) is 0 Å². The fraction of sp³-hybridized carbons (Fsp3) is 0.545. The molecule has 0 N–H and O–H groups in total. The molecular formula is C11H16O. The molecule has 0 fully saturated rings. The van der Waals surface area contributed by atoms with E-state index in [-0.39, 0.29) is 11.3 Å². The maximum Gasteiger partial charge on any atom is 0.126 e. The van der Waals surface area contributed by atoms with Gasteiger partial charge >= 0.3 is 0 Å². The lowest BCUT2D eigenvalue weighted by atomic mass is 9.73. The Labute approximate surface area is 74.2 Å². The third-order valence-electron chi connectivity index (χ3n) is 2.67. The normalized spacial score (nSPS) is 27.5. The number of hydrogen-bond acceptors (Lipinski definition) is 1. The molecule has 0 aromatic carbocycles. The average Bonchev–Trinajstić information content (AvgIpc) is 2.04. The molecule has 0 saturated heterocycles. The van der Waals surface area contributed by atoms with E-state index < -0.39 is 0 Å². The van der Waals surface area contributed by atoms with Crippen molar-refractivity contribution in [3.8, 4) is 0 Å². The highest BCUT2D eigenvalue weighted by Gasteiger charge is 2.27. The van der Waals surface area contributed by atoms with E-state index in [1.165, 1.54) is 5.57 Å². The van der Waals surface area contributed by atoms with Gasteiger partial charge in [-0.15, -0.1) is 0 Å². The molecule has 0 aromatic heterocycles. The van der Waals surface area contributed by atoms with Gasteiger partial charge < -0.3 is 4.79 Å². The highest BCUT2D eigenvalue weighted by Crippen LogP contribution is 2.38. The van der Waals surface area contributed by atoms with Crippen molar-refractivity contribution in [2.24, 2.45) is 11.3 Å². The second-order valence-electron chi connectivity index (χ2n) is 4.05. The van der Waals surface area contributed by atoms with Gasteiger partial charge in [-0.3, -0.25) is 0 Å². The van der Waals surface area contributed by atoms with E-state index in [1.807, 2.05) is 12.2 Å². The smallest absolute Gasteiger partial charge is 0.126 e. The molecule has 1 atom stereocenters. The number of carbonyl (C=O) groups is 1. The quantitative estimate of drug-likeness (QED) is 0.573. The molecule has 0 aliphatic heterocycles. The summed E-state index contributed by atoms with van der Waals surface area (Å²) in [4.78, 5) is 10.6. The first kappa shape index (κ1) is 9.24. The first-order valence-electron chi connectivity index (χ1n) is 4.40. The van der Waals surface area contributed by atoms with Crippen molar-refractivity contribution in [3.05, 3.63) is 24.3 Å². The largest absolute Gasteiger partial charge is 0.303 e. The molecule has 1 heteroatoms. The molecule has 1 aliphatic rings. The fourth-order valence-corrected chi connectivity index (χ4v) is 1.66. The van der Waals surface area contributed by atoms with Crippen LogP contribution in [0, 0.1) is 11.3 Å². The van der Waals surface area contributed by atoms with Gasteiger partial charge in [-0.2, -0.15) is 0 Å². The van der Waals surface area contributed by atoms with Gasteiger partial charge in [-0.1, -0.05) is 32.6 Å². The van der Waals surface area contributed by atoms with Crippen LogP contribution in [-0.2, 0) is 4.79 Å². The second-order valence-corrected chi connectivity index (χ2v) is 4.05. The van der Waals surface area contributed by atoms with Crippen LogP contribution in [0.25, 0.3) is 0 Å². The van der Waals surface area contributed by atoms with Crippen molar-refractivity contribution < 1.29 is 4.79 Å². The monoisotopic (exact) mass is 164 g/mol. The summed E-state index contributed by atoms with van der Waals surface area (Å²) in [6.45, 7) is 8.16. The van der Waals surface area contributed by atoms with E-state index in [2.05, 4.69) is 20.4 Å². The van der Waals surface area contributed by atoms with Crippen LogP contribution in [0.2, 0.25) is 0 Å². The zero-order valence-corrected chi connectivity index (χ0v) is 7.84. The Hall–Kier alpha value is -0.850. The number of allylic oxidation sites excluding steroid dienone is 3. The van der Waals surface area contributed by atoms with Gasteiger partial charge in [0.05, 0.1) is 0 Å². The number of rotatable bonds is 2. The zero-order valence-electron chi connectivity index (χ0n) is 7.84. The molecular weight excluding hydrogens is 148 g/mol. The van der Waals surface area contributed by atoms with Crippen molar-refractivity contribution in [2.75, 3.05) is 0 Å². The maximum absolute atomic E-state index is 10.6. The number of carbonyl (C=O) groups excluding carboxylic acids is 1. The first-order chi connectivity index (χ1) is 5.60. The Balaban J connectivity index is 2.91. The van der Waals surface area contributed by atoms with E-state index in [0.29, 0.717) is 0 Å². The van der Waals surface area contributed by atoms with Crippen LogP contribution in [0.1, 0.15) is 26.7 Å². The van der Waals surface area contributed by atoms with Gasteiger partial charge in [0, 0.05) is 5.92 Å². The SMILES string of the molecule is C=CC1=CC(C=O)CCC1(C)C. The molecule has 0 spiro atoms. The van der Waals surface area contributed by atoms with Gasteiger partial charge in [0.25, 0.3) is 0 Å². The molecule has 1 nitrogen and oxygen atoms in total. The zero-order chi connectivity index (χ0) is 9.19. The van der Waals surface area contributed by atoms with Gasteiger partial charge in [-0.25, -0.2) is 0 Å². The lowest BCUT2D eigenvalue weighted by Gasteiger charge is -2.32. The molecule has 12 heavy (non-hydrogen) atoms. The summed E-state index contributed by atoms with van der Waals surface area (Å²) >= 11 is 0. The highest BCUT2D eigenvalue weighted by atomic mass is 16.1. The molecule has 1 aliphatic carbocycles. The molecule has 1 unspecified atom stereocenters. The summed E-state index contributed by atoms with van der Waals surface area (Å²) in [5.74, 6) is 0.117. The number of hydrogen-bond donors (Lipinski definition) is 0. The van der Waals surface area contributed by atoms with Crippen LogP contribution in [0.4, 0.5) is 0 Å². The Morgan fingerprint density at radius 1 is 1.67 bits per heavy atom. The Morgan fingerprint density at radius 2 is 2.33 bits per heavy atom. The van der Waals surface area contributed by atoms with Crippen LogP contribution in [-0.4, -0.2) is 6.29 Å².